The predicted molar refractivity (Wildman–Crippen MR) is 44.8 cm³/mol. The van der Waals surface area contributed by atoms with Gasteiger partial charge in [-0.1, -0.05) is 0 Å². The number of hydrogen-bond donors (Lipinski definition) is 1. The maximum absolute atomic E-state index is 11.8. The van der Waals surface area contributed by atoms with E-state index < -0.39 is 19.0 Å². The molecule has 2 atom stereocenters. The fourth-order valence-electron chi connectivity index (χ4n) is 1.52. The van der Waals surface area contributed by atoms with Gasteiger partial charge >= 0.3 is 5.97 Å². The summed E-state index contributed by atoms with van der Waals surface area (Å²) in [6, 6.07) is 0. The Balaban J connectivity index is 2.74. The highest BCUT2D eigenvalue weighted by molar-refractivity contribution is 7.61. The van der Waals surface area contributed by atoms with Crippen LogP contribution >= 0.6 is 7.37 Å². The van der Waals surface area contributed by atoms with Crippen LogP contribution < -0.4 is 0 Å². The van der Waals surface area contributed by atoms with Gasteiger partial charge in [-0.2, -0.15) is 0 Å². The van der Waals surface area contributed by atoms with Gasteiger partial charge in [-0.05, 0) is 19.8 Å². The van der Waals surface area contributed by atoms with E-state index in [1.54, 1.807) is 6.92 Å². The molecule has 1 rings (SSSR count). The minimum atomic E-state index is -2.84. The third-order valence-corrected chi connectivity index (χ3v) is 5.12. The molecule has 2 unspecified atom stereocenters. The molecule has 0 aromatic carbocycles. The van der Waals surface area contributed by atoms with Crippen LogP contribution in [0.25, 0.3) is 0 Å². The van der Waals surface area contributed by atoms with E-state index in [0.717, 1.165) is 0 Å². The summed E-state index contributed by atoms with van der Waals surface area (Å²) in [5, 5.41) is 8.72. The first-order chi connectivity index (χ1) is 5.60. The molecular weight excluding hydrogens is 179 g/mol. The molecule has 4 nitrogen and oxygen atoms in total. The van der Waals surface area contributed by atoms with Crippen molar-refractivity contribution in [1.29, 1.82) is 0 Å². The molecule has 0 aliphatic carbocycles. The Morgan fingerprint density at radius 1 is 1.75 bits per heavy atom. The van der Waals surface area contributed by atoms with Gasteiger partial charge in [-0.3, -0.25) is 9.36 Å². The average Bonchev–Trinajstić information content (AvgIpc) is 2.32. The molecule has 0 aromatic rings. The second-order valence-electron chi connectivity index (χ2n) is 2.86. The Morgan fingerprint density at radius 2 is 2.42 bits per heavy atom. The van der Waals surface area contributed by atoms with Crippen LogP contribution in [0.1, 0.15) is 19.8 Å². The molecule has 5 heteroatoms. The maximum atomic E-state index is 11.8. The second kappa shape index (κ2) is 3.58. The Bertz CT molecular complexity index is 225. The minimum absolute atomic E-state index is 0.334. The molecule has 70 valence electrons. The summed E-state index contributed by atoms with van der Waals surface area (Å²) in [6.07, 6.45) is 1.62. The predicted octanol–water partition coefficient (Wildman–Crippen LogP) is 1.55. The Hall–Kier alpha value is -0.340. The number of carboxylic acids is 1. The third kappa shape index (κ3) is 1.70. The molecule has 1 aliphatic rings. The van der Waals surface area contributed by atoms with Crippen LogP contribution in [0.15, 0.2) is 0 Å². The first-order valence-electron chi connectivity index (χ1n) is 4.06. The lowest BCUT2D eigenvalue weighted by Crippen LogP contribution is -2.17. The van der Waals surface area contributed by atoms with Crippen LogP contribution in [-0.4, -0.2) is 29.5 Å². The highest BCUT2D eigenvalue weighted by Gasteiger charge is 2.43. The van der Waals surface area contributed by atoms with E-state index in [-0.39, 0.29) is 0 Å². The zero-order valence-electron chi connectivity index (χ0n) is 7.02. The van der Waals surface area contributed by atoms with Crippen LogP contribution in [0.4, 0.5) is 0 Å². The summed E-state index contributed by atoms with van der Waals surface area (Å²) in [7, 11) is -2.84. The van der Waals surface area contributed by atoms with E-state index in [0.29, 0.717) is 25.6 Å². The zero-order valence-corrected chi connectivity index (χ0v) is 7.92. The topological polar surface area (TPSA) is 63.6 Å². The molecule has 1 fully saturated rings. The number of carbonyl (C=O) groups is 1. The van der Waals surface area contributed by atoms with Crippen LogP contribution in [0.5, 0.6) is 0 Å². The van der Waals surface area contributed by atoms with Crippen molar-refractivity contribution in [2.75, 3.05) is 12.8 Å². The minimum Gasteiger partial charge on any atom is -0.481 e. The Kier molecular flexibility index (Phi) is 2.91. The highest BCUT2D eigenvalue weighted by atomic mass is 31.2. The summed E-state index contributed by atoms with van der Waals surface area (Å²) in [5.74, 6) is -0.982. The van der Waals surface area contributed by atoms with E-state index in [4.69, 9.17) is 9.63 Å². The van der Waals surface area contributed by atoms with Crippen molar-refractivity contribution >= 4 is 13.3 Å². The van der Waals surface area contributed by atoms with Crippen molar-refractivity contribution in [3.05, 3.63) is 0 Å². The molecule has 1 aliphatic heterocycles. The molecule has 12 heavy (non-hydrogen) atoms. The van der Waals surface area contributed by atoms with Crippen molar-refractivity contribution in [3.8, 4) is 0 Å². The number of aliphatic carboxylic acids is 1. The monoisotopic (exact) mass is 192 g/mol. The van der Waals surface area contributed by atoms with Gasteiger partial charge < -0.3 is 9.63 Å². The fourth-order valence-corrected chi connectivity index (χ4v) is 4.12. The molecular formula is C7H13O4P. The molecule has 1 N–H and O–H groups in total. The molecule has 0 radical (unpaired) electrons. The maximum Gasteiger partial charge on any atom is 0.316 e. The van der Waals surface area contributed by atoms with E-state index in [9.17, 15) is 9.36 Å². The second-order valence-corrected chi connectivity index (χ2v) is 5.64. The highest BCUT2D eigenvalue weighted by Crippen LogP contribution is 2.58. The van der Waals surface area contributed by atoms with Crippen LogP contribution in [0.2, 0.25) is 0 Å². The van der Waals surface area contributed by atoms with Gasteiger partial charge in [0.15, 0.2) is 0 Å². The summed E-state index contributed by atoms with van der Waals surface area (Å²) < 4.78 is 16.8. The summed E-state index contributed by atoms with van der Waals surface area (Å²) in [6.45, 7) is 2.07. The SMILES string of the molecule is CCOP1(=O)CCCC1C(=O)O. The molecule has 0 saturated carbocycles. The first-order valence-corrected chi connectivity index (χ1v) is 5.94. The lowest BCUT2D eigenvalue weighted by molar-refractivity contribution is -0.136. The van der Waals surface area contributed by atoms with Gasteiger partial charge in [0.05, 0.1) is 6.61 Å². The lowest BCUT2D eigenvalue weighted by Gasteiger charge is -2.15. The summed E-state index contributed by atoms with van der Waals surface area (Å²) in [5.41, 5.74) is -0.752. The fraction of sp³-hybridized carbons (Fsp3) is 0.857. The van der Waals surface area contributed by atoms with E-state index in [2.05, 4.69) is 0 Å². The van der Waals surface area contributed by atoms with E-state index in [1.165, 1.54) is 0 Å². The Morgan fingerprint density at radius 3 is 2.92 bits per heavy atom. The molecule has 0 spiro atoms. The Labute approximate surface area is 71.4 Å². The first kappa shape index (κ1) is 9.75. The molecule has 0 amide bonds. The third-order valence-electron chi connectivity index (χ3n) is 2.05. The molecule has 1 saturated heterocycles. The van der Waals surface area contributed by atoms with Gasteiger partial charge in [0, 0.05) is 6.16 Å². The normalized spacial score (nSPS) is 35.2. The number of hydrogen-bond acceptors (Lipinski definition) is 3. The van der Waals surface area contributed by atoms with Crippen LogP contribution in [-0.2, 0) is 13.9 Å². The van der Waals surface area contributed by atoms with Gasteiger partial charge in [0.1, 0.15) is 5.66 Å². The smallest absolute Gasteiger partial charge is 0.316 e. The summed E-state index contributed by atoms with van der Waals surface area (Å²) >= 11 is 0. The summed E-state index contributed by atoms with van der Waals surface area (Å²) in [4.78, 5) is 10.6. The van der Waals surface area contributed by atoms with Crippen molar-refractivity contribution in [2.24, 2.45) is 0 Å². The molecule has 0 aromatic heterocycles. The van der Waals surface area contributed by atoms with Crippen molar-refractivity contribution in [2.45, 2.75) is 25.4 Å². The van der Waals surface area contributed by atoms with Crippen LogP contribution in [0.3, 0.4) is 0 Å². The molecule has 0 bridgehead atoms. The van der Waals surface area contributed by atoms with E-state index in [1.807, 2.05) is 0 Å². The van der Waals surface area contributed by atoms with Crippen molar-refractivity contribution < 1.29 is 19.0 Å². The van der Waals surface area contributed by atoms with Crippen molar-refractivity contribution in [3.63, 3.8) is 0 Å². The zero-order chi connectivity index (χ0) is 9.19. The quantitative estimate of drug-likeness (QED) is 0.689. The largest absolute Gasteiger partial charge is 0.481 e. The van der Waals surface area contributed by atoms with E-state index >= 15 is 0 Å². The van der Waals surface area contributed by atoms with Crippen molar-refractivity contribution in [1.82, 2.24) is 0 Å². The van der Waals surface area contributed by atoms with Gasteiger partial charge in [-0.25, -0.2) is 0 Å². The lowest BCUT2D eigenvalue weighted by atomic mass is 10.3. The average molecular weight is 192 g/mol. The van der Waals surface area contributed by atoms with Gasteiger partial charge in [0.25, 0.3) is 0 Å². The van der Waals surface area contributed by atoms with Crippen LogP contribution in [0, 0.1) is 0 Å². The number of carboxylic acid groups (broad SMARTS) is 1. The number of rotatable bonds is 3. The van der Waals surface area contributed by atoms with Gasteiger partial charge in [0.2, 0.25) is 7.37 Å². The standard InChI is InChI=1S/C7H13O4P/c1-2-11-12(10)5-3-4-6(12)7(8)9/h6H,2-5H2,1H3,(H,8,9). The van der Waals surface area contributed by atoms with Gasteiger partial charge in [-0.15, -0.1) is 0 Å². The molecule has 1 heterocycles.